The third-order valence-corrected chi connectivity index (χ3v) is 2.64. The van der Waals surface area contributed by atoms with Gasteiger partial charge in [-0.05, 0) is 6.42 Å². The lowest BCUT2D eigenvalue weighted by molar-refractivity contribution is -0.121. The maximum Gasteiger partial charge on any atom is 0.324 e. The Morgan fingerprint density at radius 1 is 1.50 bits per heavy atom. The summed E-state index contributed by atoms with van der Waals surface area (Å²) in [7, 11) is 0. The number of rotatable bonds is 2. The van der Waals surface area contributed by atoms with Crippen molar-refractivity contribution in [2.45, 2.75) is 12.8 Å². The van der Waals surface area contributed by atoms with Crippen molar-refractivity contribution in [3.05, 3.63) is 0 Å². The van der Waals surface area contributed by atoms with Crippen molar-refractivity contribution in [1.29, 1.82) is 0 Å². The van der Waals surface area contributed by atoms with E-state index in [-0.39, 0.29) is 11.9 Å². The molecule has 0 radical (unpaired) electrons. The van der Waals surface area contributed by atoms with Gasteiger partial charge in [0.25, 0.3) is 0 Å². The van der Waals surface area contributed by atoms with Gasteiger partial charge in [0.15, 0.2) is 0 Å². The zero-order valence-corrected chi connectivity index (χ0v) is 7.99. The molecule has 1 N–H and O–H groups in total. The minimum Gasteiger partial charge on any atom is -0.381 e. The van der Waals surface area contributed by atoms with Gasteiger partial charge in [-0.3, -0.25) is 10.1 Å². The van der Waals surface area contributed by atoms with Gasteiger partial charge in [-0.2, -0.15) is 0 Å². The van der Waals surface area contributed by atoms with Gasteiger partial charge in [0.05, 0.1) is 6.61 Å². The molecule has 2 saturated heterocycles. The van der Waals surface area contributed by atoms with Crippen LogP contribution in [0.15, 0.2) is 0 Å². The summed E-state index contributed by atoms with van der Waals surface area (Å²) in [4.78, 5) is 23.9. The van der Waals surface area contributed by atoms with Gasteiger partial charge in [0.2, 0.25) is 5.91 Å². The number of hydrogen-bond donors (Lipinski definition) is 1. The monoisotopic (exact) mass is 198 g/mol. The average Bonchev–Trinajstić information content (AvgIpc) is 2.62. The van der Waals surface area contributed by atoms with Crippen LogP contribution in [-0.4, -0.2) is 43.1 Å². The zero-order chi connectivity index (χ0) is 9.97. The number of hydrogen-bond acceptors (Lipinski definition) is 3. The van der Waals surface area contributed by atoms with E-state index in [1.165, 1.54) is 0 Å². The molecule has 0 aromatic rings. The molecule has 0 aliphatic carbocycles. The second-order valence-corrected chi connectivity index (χ2v) is 3.78. The molecule has 5 heteroatoms. The molecule has 2 aliphatic rings. The third kappa shape index (κ3) is 2.04. The van der Waals surface area contributed by atoms with Gasteiger partial charge < -0.3 is 9.64 Å². The SMILES string of the molecule is O=C1CCN(CC2CCOC2)C(=O)N1. The van der Waals surface area contributed by atoms with Gasteiger partial charge in [-0.25, -0.2) is 4.79 Å². The van der Waals surface area contributed by atoms with E-state index in [1.54, 1.807) is 4.90 Å². The second-order valence-electron chi connectivity index (χ2n) is 3.78. The van der Waals surface area contributed by atoms with Crippen molar-refractivity contribution >= 4 is 11.9 Å². The van der Waals surface area contributed by atoms with E-state index in [0.29, 0.717) is 25.4 Å². The fourth-order valence-electron chi connectivity index (χ4n) is 1.81. The molecule has 0 bridgehead atoms. The van der Waals surface area contributed by atoms with E-state index in [2.05, 4.69) is 5.32 Å². The first-order chi connectivity index (χ1) is 6.75. The summed E-state index contributed by atoms with van der Waals surface area (Å²) in [6, 6.07) is -0.256. The van der Waals surface area contributed by atoms with Crippen LogP contribution >= 0.6 is 0 Å². The highest BCUT2D eigenvalue weighted by Crippen LogP contribution is 2.15. The van der Waals surface area contributed by atoms with Gasteiger partial charge in [0.1, 0.15) is 0 Å². The molecule has 0 saturated carbocycles. The minimum absolute atomic E-state index is 0.172. The number of carbonyl (C=O) groups is 2. The maximum atomic E-state index is 11.3. The van der Waals surface area contributed by atoms with Crippen molar-refractivity contribution in [3.63, 3.8) is 0 Å². The Kier molecular flexibility index (Phi) is 2.67. The largest absolute Gasteiger partial charge is 0.381 e. The number of imide groups is 1. The summed E-state index contributed by atoms with van der Waals surface area (Å²) in [6.45, 7) is 2.77. The van der Waals surface area contributed by atoms with Crippen molar-refractivity contribution in [2.24, 2.45) is 5.92 Å². The van der Waals surface area contributed by atoms with Crippen molar-refractivity contribution in [1.82, 2.24) is 10.2 Å². The molecule has 14 heavy (non-hydrogen) atoms. The predicted molar refractivity (Wildman–Crippen MR) is 48.7 cm³/mol. The standard InChI is InChI=1S/C9H14N2O3/c12-8-1-3-11(9(13)10-8)5-7-2-4-14-6-7/h7H,1-6H2,(H,10,12,13). The lowest BCUT2D eigenvalue weighted by Crippen LogP contribution is -2.50. The minimum atomic E-state index is -0.256. The molecule has 78 valence electrons. The quantitative estimate of drug-likeness (QED) is 0.677. The molecule has 0 aromatic heterocycles. The Labute approximate surface area is 82.4 Å². The van der Waals surface area contributed by atoms with Crippen LogP contribution < -0.4 is 5.32 Å². The topological polar surface area (TPSA) is 58.6 Å². The van der Waals surface area contributed by atoms with E-state index >= 15 is 0 Å². The number of amides is 3. The van der Waals surface area contributed by atoms with Gasteiger partial charge in [-0.1, -0.05) is 0 Å². The fraction of sp³-hybridized carbons (Fsp3) is 0.778. The Morgan fingerprint density at radius 3 is 3.00 bits per heavy atom. The lowest BCUT2D eigenvalue weighted by atomic mass is 10.1. The van der Waals surface area contributed by atoms with E-state index in [9.17, 15) is 9.59 Å². The molecule has 1 unspecified atom stereocenters. The first-order valence-electron chi connectivity index (χ1n) is 4.92. The van der Waals surface area contributed by atoms with E-state index < -0.39 is 0 Å². The molecule has 0 aromatic carbocycles. The molecule has 2 heterocycles. The highest BCUT2D eigenvalue weighted by molar-refractivity contribution is 5.96. The Bertz CT molecular complexity index is 248. The molecule has 2 fully saturated rings. The van der Waals surface area contributed by atoms with Gasteiger partial charge in [-0.15, -0.1) is 0 Å². The van der Waals surface area contributed by atoms with Crippen LogP contribution in [0.3, 0.4) is 0 Å². The molecule has 5 nitrogen and oxygen atoms in total. The maximum absolute atomic E-state index is 11.3. The van der Waals surface area contributed by atoms with Crippen LogP contribution in [0.1, 0.15) is 12.8 Å². The van der Waals surface area contributed by atoms with Crippen molar-refractivity contribution in [2.75, 3.05) is 26.3 Å². The predicted octanol–water partition coefficient (Wildman–Crippen LogP) is -0.0352. The number of ether oxygens (including phenoxy) is 1. The number of carbonyl (C=O) groups excluding carboxylic acids is 2. The molecular weight excluding hydrogens is 184 g/mol. The molecule has 1 atom stereocenters. The summed E-state index contributed by atoms with van der Waals surface area (Å²) in [5.74, 6) is 0.267. The molecular formula is C9H14N2O3. The zero-order valence-electron chi connectivity index (χ0n) is 7.99. The normalized spacial score (nSPS) is 28.0. The van der Waals surface area contributed by atoms with Crippen LogP contribution in [-0.2, 0) is 9.53 Å². The lowest BCUT2D eigenvalue weighted by Gasteiger charge is -2.28. The summed E-state index contributed by atoms with van der Waals surface area (Å²) in [5.41, 5.74) is 0. The highest BCUT2D eigenvalue weighted by Gasteiger charge is 2.26. The second kappa shape index (κ2) is 3.96. The first-order valence-corrected chi connectivity index (χ1v) is 4.92. The van der Waals surface area contributed by atoms with Crippen LogP contribution in [0.5, 0.6) is 0 Å². The number of nitrogens with one attached hydrogen (secondary N) is 1. The van der Waals surface area contributed by atoms with Crippen LogP contribution in [0, 0.1) is 5.92 Å². The van der Waals surface area contributed by atoms with Crippen molar-refractivity contribution in [3.8, 4) is 0 Å². The summed E-state index contributed by atoms with van der Waals surface area (Å²) in [6.07, 6.45) is 1.43. The number of nitrogens with zero attached hydrogens (tertiary/aromatic N) is 1. The van der Waals surface area contributed by atoms with E-state index in [4.69, 9.17) is 4.74 Å². The van der Waals surface area contributed by atoms with Crippen LogP contribution in [0.2, 0.25) is 0 Å². The number of urea groups is 1. The molecule has 3 amide bonds. The summed E-state index contributed by atoms with van der Waals surface area (Å²) >= 11 is 0. The molecule has 2 aliphatic heterocycles. The van der Waals surface area contributed by atoms with Gasteiger partial charge in [0, 0.05) is 32.0 Å². The Balaban J connectivity index is 1.85. The average molecular weight is 198 g/mol. The van der Waals surface area contributed by atoms with Crippen LogP contribution in [0.4, 0.5) is 4.79 Å². The molecule has 0 spiro atoms. The summed E-state index contributed by atoms with van der Waals surface area (Å²) in [5, 5.41) is 2.31. The fourth-order valence-corrected chi connectivity index (χ4v) is 1.81. The first kappa shape index (κ1) is 9.45. The Hall–Kier alpha value is -1.10. The smallest absolute Gasteiger partial charge is 0.324 e. The highest BCUT2D eigenvalue weighted by atomic mass is 16.5. The summed E-state index contributed by atoms with van der Waals surface area (Å²) < 4.78 is 5.23. The van der Waals surface area contributed by atoms with E-state index in [0.717, 1.165) is 19.6 Å². The molecule has 2 rings (SSSR count). The van der Waals surface area contributed by atoms with E-state index in [1.807, 2.05) is 0 Å². The van der Waals surface area contributed by atoms with Crippen LogP contribution in [0.25, 0.3) is 0 Å². The third-order valence-electron chi connectivity index (χ3n) is 2.64. The van der Waals surface area contributed by atoms with Gasteiger partial charge >= 0.3 is 6.03 Å². The van der Waals surface area contributed by atoms with Crippen molar-refractivity contribution < 1.29 is 14.3 Å². The Morgan fingerprint density at radius 2 is 2.36 bits per heavy atom.